The summed E-state index contributed by atoms with van der Waals surface area (Å²) in [5.41, 5.74) is 0.932. The third-order valence-electron chi connectivity index (χ3n) is 3.98. The molecule has 0 unspecified atom stereocenters. The van der Waals surface area contributed by atoms with Crippen LogP contribution >= 0.6 is 0 Å². The summed E-state index contributed by atoms with van der Waals surface area (Å²) in [6.45, 7) is 2.32. The lowest BCUT2D eigenvalue weighted by atomic mass is 9.81. The zero-order chi connectivity index (χ0) is 14.4. The van der Waals surface area contributed by atoms with E-state index in [0.29, 0.717) is 19.4 Å². The molecule has 106 valence electrons. The molecule has 1 aliphatic carbocycles. The first kappa shape index (κ1) is 14.5. The van der Waals surface area contributed by atoms with E-state index in [1.165, 1.54) is 0 Å². The molecule has 1 aromatic heterocycles. The molecular formula is C16H21N3O. The van der Waals surface area contributed by atoms with Crippen molar-refractivity contribution in [3.05, 3.63) is 29.6 Å². The average Bonchev–Trinajstić information content (AvgIpc) is 2.71. The predicted molar refractivity (Wildman–Crippen MR) is 76.6 cm³/mol. The fourth-order valence-corrected chi connectivity index (χ4v) is 2.76. The Morgan fingerprint density at radius 3 is 2.65 bits per heavy atom. The van der Waals surface area contributed by atoms with Crippen molar-refractivity contribution in [1.82, 2.24) is 10.3 Å². The van der Waals surface area contributed by atoms with E-state index < -0.39 is 5.41 Å². The van der Waals surface area contributed by atoms with Crippen LogP contribution in [0.3, 0.4) is 0 Å². The van der Waals surface area contributed by atoms with Gasteiger partial charge in [0.25, 0.3) is 0 Å². The molecule has 1 saturated carbocycles. The number of carbonyl (C=O) groups is 1. The second-order valence-electron chi connectivity index (χ2n) is 5.56. The summed E-state index contributed by atoms with van der Waals surface area (Å²) in [4.78, 5) is 16.8. The maximum atomic E-state index is 12.4. The number of hydrogen-bond acceptors (Lipinski definition) is 3. The molecule has 0 atom stereocenters. The van der Waals surface area contributed by atoms with E-state index in [0.717, 1.165) is 37.1 Å². The normalized spacial score (nSPS) is 17.8. The monoisotopic (exact) mass is 271 g/mol. The molecule has 0 aromatic carbocycles. The highest BCUT2D eigenvalue weighted by Crippen LogP contribution is 2.34. The molecule has 0 saturated heterocycles. The smallest absolute Gasteiger partial charge is 0.240 e. The van der Waals surface area contributed by atoms with Crippen LogP contribution in [0.2, 0.25) is 0 Å². The van der Waals surface area contributed by atoms with Gasteiger partial charge in [0.1, 0.15) is 5.41 Å². The van der Waals surface area contributed by atoms with E-state index >= 15 is 0 Å². The summed E-state index contributed by atoms with van der Waals surface area (Å²) in [6, 6.07) is 8.01. The number of amides is 1. The number of hydrogen-bond donors (Lipinski definition) is 1. The van der Waals surface area contributed by atoms with E-state index in [-0.39, 0.29) is 5.91 Å². The Labute approximate surface area is 120 Å². The number of rotatable bonds is 3. The fourth-order valence-electron chi connectivity index (χ4n) is 2.76. The summed E-state index contributed by atoms with van der Waals surface area (Å²) in [5, 5.41) is 12.3. The molecule has 1 heterocycles. The number of aromatic nitrogens is 1. The minimum atomic E-state index is -0.833. The van der Waals surface area contributed by atoms with Crippen LogP contribution < -0.4 is 5.32 Å². The lowest BCUT2D eigenvalue weighted by molar-refractivity contribution is -0.129. The van der Waals surface area contributed by atoms with Crippen LogP contribution in [0.1, 0.15) is 49.9 Å². The van der Waals surface area contributed by atoms with Gasteiger partial charge in [0.2, 0.25) is 5.91 Å². The largest absolute Gasteiger partial charge is 0.349 e. The van der Waals surface area contributed by atoms with Gasteiger partial charge in [-0.05, 0) is 31.9 Å². The first-order valence-electron chi connectivity index (χ1n) is 7.28. The number of nitrogens with zero attached hydrogens (tertiary/aromatic N) is 2. The zero-order valence-electron chi connectivity index (χ0n) is 12.0. The molecule has 0 aliphatic heterocycles. The second kappa shape index (κ2) is 6.51. The topological polar surface area (TPSA) is 65.8 Å². The molecule has 1 fully saturated rings. The van der Waals surface area contributed by atoms with Gasteiger partial charge >= 0.3 is 0 Å². The standard InChI is InChI=1S/C16H21N3O/c1-13-7-6-8-14(19-13)11-18-15(20)16(12-17)9-4-2-3-5-10-16/h6-8H,2-5,9-11H2,1H3,(H,18,20). The summed E-state index contributed by atoms with van der Waals surface area (Å²) in [5.74, 6) is -0.134. The van der Waals surface area contributed by atoms with Gasteiger partial charge in [0.15, 0.2) is 0 Å². The number of pyridine rings is 1. The maximum Gasteiger partial charge on any atom is 0.240 e. The lowest BCUT2D eigenvalue weighted by Gasteiger charge is -2.23. The Kier molecular flexibility index (Phi) is 4.73. The van der Waals surface area contributed by atoms with E-state index in [1.807, 2.05) is 25.1 Å². The minimum absolute atomic E-state index is 0.134. The molecular weight excluding hydrogens is 250 g/mol. The summed E-state index contributed by atoms with van der Waals surface area (Å²) in [6.07, 6.45) is 5.52. The Hall–Kier alpha value is -1.89. The molecule has 0 radical (unpaired) electrons. The zero-order valence-corrected chi connectivity index (χ0v) is 12.0. The predicted octanol–water partition coefficient (Wildman–Crippen LogP) is 2.87. The van der Waals surface area contributed by atoms with Crippen molar-refractivity contribution in [1.29, 1.82) is 5.26 Å². The van der Waals surface area contributed by atoms with Crippen molar-refractivity contribution in [2.75, 3.05) is 0 Å². The van der Waals surface area contributed by atoms with Crippen molar-refractivity contribution >= 4 is 5.91 Å². The van der Waals surface area contributed by atoms with Crippen molar-refractivity contribution in [3.63, 3.8) is 0 Å². The molecule has 20 heavy (non-hydrogen) atoms. The minimum Gasteiger partial charge on any atom is -0.349 e. The number of carbonyl (C=O) groups excluding carboxylic acids is 1. The van der Waals surface area contributed by atoms with E-state index in [9.17, 15) is 10.1 Å². The molecule has 2 rings (SSSR count). The van der Waals surface area contributed by atoms with Crippen molar-refractivity contribution in [2.24, 2.45) is 5.41 Å². The Morgan fingerprint density at radius 1 is 1.35 bits per heavy atom. The fraction of sp³-hybridized carbons (Fsp3) is 0.562. The molecule has 1 amide bonds. The maximum absolute atomic E-state index is 12.4. The van der Waals surface area contributed by atoms with E-state index in [1.54, 1.807) is 0 Å². The highest BCUT2D eigenvalue weighted by atomic mass is 16.2. The van der Waals surface area contributed by atoms with Crippen LogP contribution in [0, 0.1) is 23.7 Å². The molecule has 1 N–H and O–H groups in total. The molecule has 4 nitrogen and oxygen atoms in total. The Morgan fingerprint density at radius 2 is 2.05 bits per heavy atom. The first-order chi connectivity index (χ1) is 9.66. The summed E-state index contributed by atoms with van der Waals surface area (Å²) >= 11 is 0. The van der Waals surface area contributed by atoms with Crippen LogP contribution in [-0.2, 0) is 11.3 Å². The van der Waals surface area contributed by atoms with Crippen LogP contribution in [0.5, 0.6) is 0 Å². The van der Waals surface area contributed by atoms with Gasteiger partial charge in [-0.1, -0.05) is 31.7 Å². The molecule has 1 aliphatic rings. The van der Waals surface area contributed by atoms with Crippen molar-refractivity contribution < 1.29 is 4.79 Å². The lowest BCUT2D eigenvalue weighted by Crippen LogP contribution is -2.39. The van der Waals surface area contributed by atoms with E-state index in [2.05, 4.69) is 16.4 Å². The Balaban J connectivity index is 2.01. The summed E-state index contributed by atoms with van der Waals surface area (Å²) < 4.78 is 0. The quantitative estimate of drug-likeness (QED) is 0.860. The van der Waals surface area contributed by atoms with Gasteiger partial charge in [-0.3, -0.25) is 9.78 Å². The molecule has 0 bridgehead atoms. The number of nitrogens with one attached hydrogen (secondary N) is 1. The average molecular weight is 271 g/mol. The van der Waals surface area contributed by atoms with Crippen molar-refractivity contribution in [3.8, 4) is 6.07 Å². The number of nitriles is 1. The molecule has 1 aromatic rings. The SMILES string of the molecule is Cc1cccc(CNC(=O)C2(C#N)CCCCCC2)n1. The van der Waals surface area contributed by atoms with Crippen LogP contribution in [0.15, 0.2) is 18.2 Å². The van der Waals surface area contributed by atoms with Gasteiger partial charge in [-0.15, -0.1) is 0 Å². The van der Waals surface area contributed by atoms with Gasteiger partial charge in [0, 0.05) is 5.69 Å². The van der Waals surface area contributed by atoms with Gasteiger partial charge in [-0.25, -0.2) is 0 Å². The Bertz CT molecular complexity index is 511. The first-order valence-corrected chi connectivity index (χ1v) is 7.28. The van der Waals surface area contributed by atoms with Crippen molar-refractivity contribution in [2.45, 2.75) is 52.0 Å². The third-order valence-corrected chi connectivity index (χ3v) is 3.98. The van der Waals surface area contributed by atoms with Gasteiger partial charge in [-0.2, -0.15) is 5.26 Å². The third kappa shape index (κ3) is 3.36. The van der Waals surface area contributed by atoms with Crippen LogP contribution in [0.25, 0.3) is 0 Å². The van der Waals surface area contributed by atoms with Gasteiger partial charge in [0.05, 0.1) is 18.3 Å². The highest BCUT2D eigenvalue weighted by Gasteiger charge is 2.38. The van der Waals surface area contributed by atoms with Gasteiger partial charge < -0.3 is 5.32 Å². The van der Waals surface area contributed by atoms with Crippen LogP contribution in [0.4, 0.5) is 0 Å². The molecule has 4 heteroatoms. The molecule has 0 spiro atoms. The second-order valence-corrected chi connectivity index (χ2v) is 5.56. The number of aryl methyl sites for hydroxylation is 1. The highest BCUT2D eigenvalue weighted by molar-refractivity contribution is 5.85. The van der Waals surface area contributed by atoms with Crippen LogP contribution in [-0.4, -0.2) is 10.9 Å². The summed E-state index contributed by atoms with van der Waals surface area (Å²) in [7, 11) is 0. The van der Waals surface area contributed by atoms with E-state index in [4.69, 9.17) is 0 Å².